The van der Waals surface area contributed by atoms with Gasteiger partial charge in [0.15, 0.2) is 0 Å². The minimum atomic E-state index is -0.682. The smallest absolute Gasteiger partial charge is 0.0718 e. The second-order valence-corrected chi connectivity index (χ2v) is 5.50. The van der Waals surface area contributed by atoms with Crippen molar-refractivity contribution >= 4 is 0 Å². The summed E-state index contributed by atoms with van der Waals surface area (Å²) in [7, 11) is 1.70. The van der Waals surface area contributed by atoms with Gasteiger partial charge in [-0.2, -0.15) is 0 Å². The van der Waals surface area contributed by atoms with Crippen LogP contribution in [0.5, 0.6) is 0 Å². The Morgan fingerprint density at radius 2 is 1.83 bits per heavy atom. The molecule has 1 rings (SSSR count). The number of hydrogen-bond acceptors (Lipinski definition) is 3. The Kier molecular flexibility index (Phi) is 5.79. The molecule has 0 radical (unpaired) electrons. The summed E-state index contributed by atoms with van der Waals surface area (Å²) in [5, 5.41) is 9.93. The predicted octanol–water partition coefficient (Wildman–Crippen LogP) is 2.21. The molecule has 0 aliphatic carbocycles. The molecular weight excluding hydrogens is 226 g/mol. The molecule has 0 aliphatic heterocycles. The Morgan fingerprint density at radius 1 is 1.22 bits per heavy atom. The van der Waals surface area contributed by atoms with Gasteiger partial charge < -0.3 is 9.84 Å². The van der Waals surface area contributed by atoms with Crippen LogP contribution < -0.4 is 0 Å². The first-order valence-corrected chi connectivity index (χ1v) is 6.40. The second-order valence-electron chi connectivity index (χ2n) is 5.50. The molecule has 0 aromatic heterocycles. The van der Waals surface area contributed by atoms with E-state index in [1.807, 2.05) is 13.8 Å². The van der Waals surface area contributed by atoms with Crippen molar-refractivity contribution in [3.05, 3.63) is 35.4 Å². The van der Waals surface area contributed by atoms with Crippen LogP contribution in [0.3, 0.4) is 0 Å². The van der Waals surface area contributed by atoms with E-state index in [0.29, 0.717) is 13.2 Å². The van der Waals surface area contributed by atoms with Gasteiger partial charge in [-0.05, 0) is 26.3 Å². The van der Waals surface area contributed by atoms with Crippen LogP contribution in [0.15, 0.2) is 24.3 Å². The SMILES string of the molecule is COCCN(Cc1ccc(C)cc1)CC(C)(C)O. The minimum Gasteiger partial charge on any atom is -0.389 e. The fourth-order valence-corrected chi connectivity index (χ4v) is 1.93. The molecule has 102 valence electrons. The van der Waals surface area contributed by atoms with Crippen LogP contribution in [0.2, 0.25) is 0 Å². The number of methoxy groups -OCH3 is 1. The summed E-state index contributed by atoms with van der Waals surface area (Å²) in [6.07, 6.45) is 0. The topological polar surface area (TPSA) is 32.7 Å². The first-order valence-electron chi connectivity index (χ1n) is 6.40. The van der Waals surface area contributed by atoms with Gasteiger partial charge in [0.25, 0.3) is 0 Å². The van der Waals surface area contributed by atoms with Gasteiger partial charge in [-0.25, -0.2) is 0 Å². The normalized spacial score (nSPS) is 12.1. The molecule has 1 aromatic carbocycles. The van der Waals surface area contributed by atoms with Crippen molar-refractivity contribution in [1.29, 1.82) is 0 Å². The van der Waals surface area contributed by atoms with E-state index in [1.54, 1.807) is 7.11 Å². The monoisotopic (exact) mass is 251 g/mol. The molecule has 0 saturated heterocycles. The van der Waals surface area contributed by atoms with Gasteiger partial charge in [0, 0.05) is 26.7 Å². The zero-order valence-electron chi connectivity index (χ0n) is 11.9. The third-order valence-electron chi connectivity index (χ3n) is 2.75. The molecule has 0 bridgehead atoms. The molecule has 0 aliphatic rings. The number of aliphatic hydroxyl groups is 1. The number of benzene rings is 1. The first-order chi connectivity index (χ1) is 8.40. The van der Waals surface area contributed by atoms with Gasteiger partial charge in [-0.15, -0.1) is 0 Å². The third kappa shape index (κ3) is 6.15. The molecule has 0 spiro atoms. The van der Waals surface area contributed by atoms with Gasteiger partial charge >= 0.3 is 0 Å². The van der Waals surface area contributed by atoms with E-state index < -0.39 is 5.60 Å². The molecular formula is C15H25NO2. The Hall–Kier alpha value is -0.900. The van der Waals surface area contributed by atoms with Crippen molar-refractivity contribution in [3.8, 4) is 0 Å². The molecule has 0 heterocycles. The molecule has 0 unspecified atom stereocenters. The van der Waals surface area contributed by atoms with Crippen LogP contribution in [-0.4, -0.2) is 42.4 Å². The van der Waals surface area contributed by atoms with E-state index in [0.717, 1.165) is 13.1 Å². The zero-order valence-corrected chi connectivity index (χ0v) is 11.9. The predicted molar refractivity (Wildman–Crippen MR) is 74.6 cm³/mol. The molecule has 0 amide bonds. The third-order valence-corrected chi connectivity index (χ3v) is 2.75. The van der Waals surface area contributed by atoms with E-state index >= 15 is 0 Å². The fraction of sp³-hybridized carbons (Fsp3) is 0.600. The molecule has 1 aromatic rings. The van der Waals surface area contributed by atoms with Crippen molar-refractivity contribution in [2.75, 3.05) is 26.8 Å². The maximum Gasteiger partial charge on any atom is 0.0718 e. The summed E-state index contributed by atoms with van der Waals surface area (Å²) in [6.45, 7) is 8.75. The van der Waals surface area contributed by atoms with E-state index in [-0.39, 0.29) is 0 Å². The molecule has 0 atom stereocenters. The highest BCUT2D eigenvalue weighted by Gasteiger charge is 2.18. The van der Waals surface area contributed by atoms with Crippen LogP contribution in [0.1, 0.15) is 25.0 Å². The Bertz CT molecular complexity index is 341. The molecule has 1 N–H and O–H groups in total. The van der Waals surface area contributed by atoms with E-state index in [1.165, 1.54) is 11.1 Å². The lowest BCUT2D eigenvalue weighted by Crippen LogP contribution is -2.39. The largest absolute Gasteiger partial charge is 0.389 e. The number of nitrogens with zero attached hydrogens (tertiary/aromatic N) is 1. The van der Waals surface area contributed by atoms with Crippen molar-refractivity contribution < 1.29 is 9.84 Å². The quantitative estimate of drug-likeness (QED) is 0.806. The molecule has 3 heteroatoms. The number of ether oxygens (including phenoxy) is 1. The number of aryl methyl sites for hydroxylation is 1. The van der Waals surface area contributed by atoms with Gasteiger partial charge in [-0.3, -0.25) is 4.90 Å². The van der Waals surface area contributed by atoms with Crippen LogP contribution in [0, 0.1) is 6.92 Å². The fourth-order valence-electron chi connectivity index (χ4n) is 1.93. The Balaban J connectivity index is 2.62. The van der Waals surface area contributed by atoms with E-state index in [4.69, 9.17) is 4.74 Å². The van der Waals surface area contributed by atoms with Crippen LogP contribution in [-0.2, 0) is 11.3 Å². The Labute approximate surface area is 110 Å². The van der Waals surface area contributed by atoms with Crippen molar-refractivity contribution in [3.63, 3.8) is 0 Å². The summed E-state index contributed by atoms with van der Waals surface area (Å²) in [6, 6.07) is 8.51. The standard InChI is InChI=1S/C15H25NO2/c1-13-5-7-14(8-6-13)11-16(9-10-18-4)12-15(2,3)17/h5-8,17H,9-12H2,1-4H3. The summed E-state index contributed by atoms with van der Waals surface area (Å²) in [4.78, 5) is 2.22. The van der Waals surface area contributed by atoms with Crippen molar-refractivity contribution in [1.82, 2.24) is 4.90 Å². The molecule has 18 heavy (non-hydrogen) atoms. The number of rotatable bonds is 7. The van der Waals surface area contributed by atoms with Crippen LogP contribution in [0.25, 0.3) is 0 Å². The lowest BCUT2D eigenvalue weighted by molar-refractivity contribution is 0.0247. The maximum atomic E-state index is 9.93. The minimum absolute atomic E-state index is 0.643. The van der Waals surface area contributed by atoms with E-state index in [9.17, 15) is 5.11 Å². The van der Waals surface area contributed by atoms with Crippen molar-refractivity contribution in [2.45, 2.75) is 32.9 Å². The van der Waals surface area contributed by atoms with Gasteiger partial charge in [0.1, 0.15) is 0 Å². The average Bonchev–Trinajstić information content (AvgIpc) is 2.27. The number of hydrogen-bond donors (Lipinski definition) is 1. The Morgan fingerprint density at radius 3 is 2.33 bits per heavy atom. The molecule has 3 nitrogen and oxygen atoms in total. The summed E-state index contributed by atoms with van der Waals surface area (Å²) < 4.78 is 5.12. The highest BCUT2D eigenvalue weighted by Crippen LogP contribution is 2.11. The summed E-state index contributed by atoms with van der Waals surface area (Å²) >= 11 is 0. The van der Waals surface area contributed by atoms with Crippen LogP contribution in [0.4, 0.5) is 0 Å². The zero-order chi connectivity index (χ0) is 13.6. The summed E-state index contributed by atoms with van der Waals surface area (Å²) in [5.41, 5.74) is 1.85. The van der Waals surface area contributed by atoms with Gasteiger partial charge in [0.05, 0.1) is 12.2 Å². The first kappa shape index (κ1) is 15.2. The molecule has 0 fully saturated rings. The van der Waals surface area contributed by atoms with Gasteiger partial charge in [0.2, 0.25) is 0 Å². The van der Waals surface area contributed by atoms with E-state index in [2.05, 4.69) is 36.1 Å². The van der Waals surface area contributed by atoms with Gasteiger partial charge in [-0.1, -0.05) is 29.8 Å². The lowest BCUT2D eigenvalue weighted by Gasteiger charge is -2.28. The second kappa shape index (κ2) is 6.88. The lowest BCUT2D eigenvalue weighted by atomic mass is 10.1. The summed E-state index contributed by atoms with van der Waals surface area (Å²) in [5.74, 6) is 0. The van der Waals surface area contributed by atoms with Crippen molar-refractivity contribution in [2.24, 2.45) is 0 Å². The van der Waals surface area contributed by atoms with Crippen LogP contribution >= 0.6 is 0 Å². The average molecular weight is 251 g/mol. The molecule has 0 saturated carbocycles. The highest BCUT2D eigenvalue weighted by molar-refractivity contribution is 5.21. The highest BCUT2D eigenvalue weighted by atomic mass is 16.5. The maximum absolute atomic E-state index is 9.93.